The van der Waals surface area contributed by atoms with Crippen LogP contribution in [0.15, 0.2) is 64.2 Å². The minimum atomic E-state index is 0.0273. The summed E-state index contributed by atoms with van der Waals surface area (Å²) >= 11 is 5.52. The number of rotatable bonds is 4. The zero-order valence-electron chi connectivity index (χ0n) is 17.4. The standard InChI is InChI=1S/C24H25BrN4S/c1-4-18-14-30-24-27-22(21-10-5-6-11-26-21)23(29(18)24)20-12-15(2)28(16(20)3)19-9-7-8-17(25)13-19/h5-13,18,22-23H,4,14H2,1-3H3/t18-,22+,23+/m1/s1. The molecular formula is C24H25BrN4S. The molecule has 4 nitrogen and oxygen atoms in total. The van der Waals surface area contributed by atoms with Gasteiger partial charge in [0.05, 0.1) is 11.7 Å². The van der Waals surface area contributed by atoms with Crippen molar-refractivity contribution in [1.82, 2.24) is 14.5 Å². The van der Waals surface area contributed by atoms with Crippen molar-refractivity contribution >= 4 is 32.9 Å². The minimum Gasteiger partial charge on any atom is -0.338 e. The molecule has 154 valence electrons. The van der Waals surface area contributed by atoms with Crippen molar-refractivity contribution in [3.63, 3.8) is 0 Å². The van der Waals surface area contributed by atoms with Crippen molar-refractivity contribution < 1.29 is 0 Å². The lowest BCUT2D eigenvalue weighted by molar-refractivity contribution is 0.254. The molecule has 0 bridgehead atoms. The highest BCUT2D eigenvalue weighted by Crippen LogP contribution is 2.49. The van der Waals surface area contributed by atoms with Gasteiger partial charge in [-0.25, -0.2) is 0 Å². The lowest BCUT2D eigenvalue weighted by Crippen LogP contribution is -2.35. The fraction of sp³-hybridized carbons (Fsp3) is 0.333. The van der Waals surface area contributed by atoms with Crippen LogP contribution in [0, 0.1) is 13.8 Å². The first-order valence-electron chi connectivity index (χ1n) is 10.4. The van der Waals surface area contributed by atoms with E-state index in [4.69, 9.17) is 4.99 Å². The summed E-state index contributed by atoms with van der Waals surface area (Å²) in [7, 11) is 0. The van der Waals surface area contributed by atoms with Gasteiger partial charge in [-0.3, -0.25) is 9.98 Å². The maximum Gasteiger partial charge on any atom is 0.160 e. The van der Waals surface area contributed by atoms with Gasteiger partial charge in [0.1, 0.15) is 6.04 Å². The molecule has 6 heteroatoms. The topological polar surface area (TPSA) is 33.4 Å². The van der Waals surface area contributed by atoms with E-state index in [2.05, 4.69) is 93.6 Å². The monoisotopic (exact) mass is 480 g/mol. The summed E-state index contributed by atoms with van der Waals surface area (Å²) in [6.07, 6.45) is 3.01. The maximum absolute atomic E-state index is 5.17. The number of benzene rings is 1. The maximum atomic E-state index is 5.17. The molecule has 0 amide bonds. The van der Waals surface area contributed by atoms with Crippen molar-refractivity contribution in [1.29, 1.82) is 0 Å². The molecule has 0 unspecified atom stereocenters. The number of thioether (sulfide) groups is 1. The van der Waals surface area contributed by atoms with Crippen LogP contribution in [0.5, 0.6) is 0 Å². The first-order valence-corrected chi connectivity index (χ1v) is 12.2. The number of aliphatic imine (C=N–C) groups is 1. The molecule has 0 saturated carbocycles. The second-order valence-corrected chi connectivity index (χ2v) is 9.88. The van der Waals surface area contributed by atoms with E-state index in [0.717, 1.165) is 22.3 Å². The smallest absolute Gasteiger partial charge is 0.160 e. The highest BCUT2D eigenvalue weighted by atomic mass is 79.9. The normalized spacial score (nSPS) is 23.0. The highest BCUT2D eigenvalue weighted by molar-refractivity contribution is 9.10. The number of hydrogen-bond acceptors (Lipinski definition) is 4. The van der Waals surface area contributed by atoms with E-state index in [-0.39, 0.29) is 12.1 Å². The molecular weight excluding hydrogens is 456 g/mol. The minimum absolute atomic E-state index is 0.0273. The third-order valence-electron chi connectivity index (χ3n) is 6.18. The number of aryl methyl sites for hydroxylation is 1. The van der Waals surface area contributed by atoms with Gasteiger partial charge in [-0.15, -0.1) is 0 Å². The van der Waals surface area contributed by atoms with Gasteiger partial charge in [0.2, 0.25) is 0 Å². The van der Waals surface area contributed by atoms with Crippen LogP contribution < -0.4 is 0 Å². The summed E-state index contributed by atoms with van der Waals surface area (Å²) in [5.41, 5.74) is 6.10. The van der Waals surface area contributed by atoms with Crippen molar-refractivity contribution in [3.8, 4) is 5.69 Å². The first kappa shape index (κ1) is 19.9. The molecule has 0 radical (unpaired) electrons. The van der Waals surface area contributed by atoms with Gasteiger partial charge in [0.25, 0.3) is 0 Å². The Balaban J connectivity index is 1.64. The number of fused-ring (bicyclic) bond motifs is 1. The summed E-state index contributed by atoms with van der Waals surface area (Å²) < 4.78 is 3.45. The van der Waals surface area contributed by atoms with Crippen molar-refractivity contribution in [3.05, 3.63) is 81.8 Å². The summed E-state index contributed by atoms with van der Waals surface area (Å²) in [6, 6.07) is 17.7. The van der Waals surface area contributed by atoms with E-state index in [1.807, 2.05) is 24.0 Å². The Morgan fingerprint density at radius 1 is 1.13 bits per heavy atom. The van der Waals surface area contributed by atoms with Gasteiger partial charge < -0.3 is 9.47 Å². The van der Waals surface area contributed by atoms with Gasteiger partial charge in [-0.2, -0.15) is 0 Å². The molecule has 0 aliphatic carbocycles. The van der Waals surface area contributed by atoms with Gasteiger partial charge in [0.15, 0.2) is 5.17 Å². The van der Waals surface area contributed by atoms with Crippen LogP contribution in [0.3, 0.4) is 0 Å². The molecule has 2 aliphatic rings. The van der Waals surface area contributed by atoms with E-state index in [1.54, 1.807) is 0 Å². The number of halogens is 1. The Labute approximate surface area is 190 Å². The largest absolute Gasteiger partial charge is 0.338 e. The second-order valence-electron chi connectivity index (χ2n) is 7.98. The molecule has 2 aliphatic heterocycles. The van der Waals surface area contributed by atoms with Crippen LogP contribution in [0.1, 0.15) is 48.1 Å². The van der Waals surface area contributed by atoms with E-state index in [9.17, 15) is 0 Å². The van der Waals surface area contributed by atoms with Crippen molar-refractivity contribution in [2.45, 2.75) is 45.3 Å². The second kappa shape index (κ2) is 7.89. The highest BCUT2D eigenvalue weighted by Gasteiger charge is 2.46. The van der Waals surface area contributed by atoms with E-state index in [0.29, 0.717) is 6.04 Å². The average molecular weight is 481 g/mol. The van der Waals surface area contributed by atoms with Crippen LogP contribution in [0.25, 0.3) is 5.69 Å². The van der Waals surface area contributed by atoms with Crippen LogP contribution in [-0.2, 0) is 0 Å². The van der Waals surface area contributed by atoms with Crippen LogP contribution in [-0.4, -0.2) is 31.4 Å². The number of hydrogen-bond donors (Lipinski definition) is 0. The van der Waals surface area contributed by atoms with Crippen LogP contribution in [0.2, 0.25) is 0 Å². The van der Waals surface area contributed by atoms with Gasteiger partial charge in [-0.05, 0) is 62.2 Å². The fourth-order valence-electron chi connectivity index (χ4n) is 4.79. The quantitative estimate of drug-likeness (QED) is 0.443. The number of nitrogens with zero attached hydrogens (tertiary/aromatic N) is 4. The fourth-order valence-corrected chi connectivity index (χ4v) is 6.51. The summed E-state index contributed by atoms with van der Waals surface area (Å²) in [6.45, 7) is 6.71. The zero-order chi connectivity index (χ0) is 20.8. The molecule has 0 N–H and O–H groups in total. The van der Waals surface area contributed by atoms with Gasteiger partial charge >= 0.3 is 0 Å². The third kappa shape index (κ3) is 3.21. The lowest BCUT2D eigenvalue weighted by atomic mass is 9.95. The van der Waals surface area contributed by atoms with Gasteiger partial charge in [0, 0.05) is 39.5 Å². The summed E-state index contributed by atoms with van der Waals surface area (Å²) in [5.74, 6) is 1.12. The predicted molar refractivity (Wildman–Crippen MR) is 128 cm³/mol. The zero-order valence-corrected chi connectivity index (χ0v) is 19.8. The molecule has 1 fully saturated rings. The lowest BCUT2D eigenvalue weighted by Gasteiger charge is -2.32. The van der Waals surface area contributed by atoms with E-state index in [1.165, 1.54) is 27.8 Å². The predicted octanol–water partition coefficient (Wildman–Crippen LogP) is 6.23. The molecule has 0 spiro atoms. The number of aromatic nitrogens is 2. The Morgan fingerprint density at radius 3 is 2.73 bits per heavy atom. The van der Waals surface area contributed by atoms with E-state index < -0.39 is 0 Å². The number of pyridine rings is 1. The summed E-state index contributed by atoms with van der Waals surface area (Å²) in [4.78, 5) is 12.4. The molecule has 1 saturated heterocycles. The first-order chi connectivity index (χ1) is 14.6. The SMILES string of the molecule is CC[C@@H]1CSC2=N[C@@H](c3ccccn3)[C@H](c3cc(C)n(-c4cccc(Br)c4)c3C)N21. The molecule has 5 rings (SSSR count). The number of amidine groups is 1. The van der Waals surface area contributed by atoms with Gasteiger partial charge in [-0.1, -0.05) is 46.7 Å². The third-order valence-corrected chi connectivity index (χ3v) is 7.80. The Morgan fingerprint density at radius 2 is 2.00 bits per heavy atom. The van der Waals surface area contributed by atoms with Crippen LogP contribution >= 0.6 is 27.7 Å². The average Bonchev–Trinajstić information content (AvgIpc) is 3.40. The Kier molecular flexibility index (Phi) is 5.23. The molecule has 30 heavy (non-hydrogen) atoms. The molecule has 1 aromatic carbocycles. The van der Waals surface area contributed by atoms with Crippen LogP contribution in [0.4, 0.5) is 0 Å². The van der Waals surface area contributed by atoms with Crippen molar-refractivity contribution in [2.75, 3.05) is 5.75 Å². The molecule has 2 aromatic heterocycles. The van der Waals surface area contributed by atoms with E-state index >= 15 is 0 Å². The molecule has 3 atom stereocenters. The Bertz CT molecular complexity index is 1110. The van der Waals surface area contributed by atoms with Crippen molar-refractivity contribution in [2.24, 2.45) is 4.99 Å². The summed E-state index contributed by atoms with van der Waals surface area (Å²) in [5, 5.41) is 1.18. The molecule has 4 heterocycles. The molecule has 3 aromatic rings. The Hall–Kier alpha value is -2.05.